The zero-order chi connectivity index (χ0) is 16.5. The van der Waals surface area contributed by atoms with Gasteiger partial charge in [0.05, 0.1) is 5.56 Å². The van der Waals surface area contributed by atoms with Gasteiger partial charge in [0.2, 0.25) is 0 Å². The van der Waals surface area contributed by atoms with E-state index in [1.807, 2.05) is 19.2 Å². The van der Waals surface area contributed by atoms with Crippen molar-refractivity contribution < 1.29 is 9.53 Å². The van der Waals surface area contributed by atoms with Crippen LogP contribution in [0.4, 0.5) is 0 Å². The lowest BCUT2D eigenvalue weighted by Crippen LogP contribution is -2.50. The third-order valence-corrected chi connectivity index (χ3v) is 5.41. The molecule has 0 spiro atoms. The van der Waals surface area contributed by atoms with E-state index < -0.39 is 0 Å². The number of carbonyl (C=O) groups is 1. The Morgan fingerprint density at radius 2 is 1.91 bits per heavy atom. The summed E-state index contributed by atoms with van der Waals surface area (Å²) in [5.74, 6) is 0.979. The summed E-state index contributed by atoms with van der Waals surface area (Å²) in [6, 6.07) is 5.86. The maximum Gasteiger partial charge on any atom is 0.255 e. The molecule has 1 atom stereocenters. The molecule has 1 aromatic rings. The third kappa shape index (κ3) is 2.72. The van der Waals surface area contributed by atoms with Crippen LogP contribution in [-0.2, 0) is 0 Å². The lowest BCUT2D eigenvalue weighted by Gasteiger charge is -2.50. The second kappa shape index (κ2) is 5.92. The molecule has 1 amide bonds. The molecule has 1 aliphatic rings. The number of amides is 1. The number of hydrogen-bond donors (Lipinski definition) is 2. The van der Waals surface area contributed by atoms with Gasteiger partial charge in [0.15, 0.2) is 0 Å². The first-order valence-electron chi connectivity index (χ1n) is 7.97. The first-order chi connectivity index (χ1) is 10.2. The van der Waals surface area contributed by atoms with Gasteiger partial charge in [-0.25, -0.2) is 0 Å². The average molecular weight is 304 g/mol. The molecule has 0 radical (unpaired) electrons. The largest absolute Gasteiger partial charge is 0.486 e. The molecule has 0 bridgehead atoms. The minimum atomic E-state index is -0.333. The predicted molar refractivity (Wildman–Crippen MR) is 89.6 cm³/mol. The van der Waals surface area contributed by atoms with Crippen LogP contribution in [0.25, 0.3) is 0 Å². The average Bonchev–Trinajstić information content (AvgIpc) is 2.45. The van der Waals surface area contributed by atoms with Crippen molar-refractivity contribution >= 4 is 5.91 Å². The minimum absolute atomic E-state index is 0.0127. The van der Waals surface area contributed by atoms with Crippen molar-refractivity contribution in [3.63, 3.8) is 0 Å². The van der Waals surface area contributed by atoms with E-state index in [2.05, 4.69) is 51.3 Å². The first kappa shape index (κ1) is 16.8. The molecule has 1 unspecified atom stereocenters. The highest BCUT2D eigenvalue weighted by atomic mass is 16.5. The van der Waals surface area contributed by atoms with Gasteiger partial charge in [-0.15, -0.1) is 0 Å². The van der Waals surface area contributed by atoms with Gasteiger partial charge in [-0.3, -0.25) is 4.79 Å². The number of nitrogens with one attached hydrogen (secondary N) is 2. The second-order valence-corrected chi connectivity index (χ2v) is 7.14. The van der Waals surface area contributed by atoms with Gasteiger partial charge in [-0.05, 0) is 38.4 Å². The Bertz CT molecular complexity index is 564. The normalized spacial score (nSPS) is 21.6. The van der Waals surface area contributed by atoms with Crippen LogP contribution in [-0.4, -0.2) is 31.6 Å². The fraction of sp³-hybridized carbons (Fsp3) is 0.611. The minimum Gasteiger partial charge on any atom is -0.486 e. The standard InChI is InChI=1S/C18H28N2O2/c1-12-13-8-7-9-14(16(21)20-11-10-19-6)15(13)22-18(4,5)17(12,2)3/h7-9,12,19H,10-11H2,1-6H3,(H,20,21). The van der Waals surface area contributed by atoms with E-state index in [4.69, 9.17) is 4.74 Å². The highest BCUT2D eigenvalue weighted by Gasteiger charge is 2.49. The molecular weight excluding hydrogens is 276 g/mol. The summed E-state index contributed by atoms with van der Waals surface area (Å²) < 4.78 is 6.29. The second-order valence-electron chi connectivity index (χ2n) is 7.14. The lowest BCUT2D eigenvalue weighted by atomic mass is 9.64. The van der Waals surface area contributed by atoms with E-state index in [1.54, 1.807) is 0 Å². The molecule has 1 aliphatic heterocycles. The summed E-state index contributed by atoms with van der Waals surface area (Å²) in [6.45, 7) is 12.2. The van der Waals surface area contributed by atoms with Crippen LogP contribution in [0.5, 0.6) is 5.75 Å². The summed E-state index contributed by atoms with van der Waals surface area (Å²) in [5.41, 5.74) is 1.40. The quantitative estimate of drug-likeness (QED) is 0.841. The van der Waals surface area contributed by atoms with Crippen molar-refractivity contribution in [2.24, 2.45) is 5.41 Å². The zero-order valence-corrected chi connectivity index (χ0v) is 14.5. The van der Waals surface area contributed by atoms with Crippen LogP contribution in [0, 0.1) is 5.41 Å². The molecule has 122 valence electrons. The topological polar surface area (TPSA) is 50.4 Å². The number of ether oxygens (including phenoxy) is 1. The summed E-state index contributed by atoms with van der Waals surface area (Å²) in [6.07, 6.45) is 0. The van der Waals surface area contributed by atoms with Crippen molar-refractivity contribution in [1.82, 2.24) is 10.6 Å². The predicted octanol–water partition coefficient (Wildman–Crippen LogP) is 2.94. The Hall–Kier alpha value is -1.55. The van der Waals surface area contributed by atoms with Crippen molar-refractivity contribution in [3.8, 4) is 5.75 Å². The van der Waals surface area contributed by atoms with Crippen LogP contribution in [0.3, 0.4) is 0 Å². The Kier molecular flexibility index (Phi) is 4.52. The molecule has 1 heterocycles. The molecule has 4 nitrogen and oxygen atoms in total. The zero-order valence-electron chi connectivity index (χ0n) is 14.5. The summed E-state index contributed by atoms with van der Waals surface area (Å²) in [7, 11) is 1.87. The molecule has 2 N–H and O–H groups in total. The fourth-order valence-corrected chi connectivity index (χ4v) is 2.88. The number of carbonyl (C=O) groups excluding carboxylic acids is 1. The van der Waals surface area contributed by atoms with Crippen molar-refractivity contribution in [1.29, 1.82) is 0 Å². The summed E-state index contributed by atoms with van der Waals surface area (Å²) in [4.78, 5) is 12.5. The van der Waals surface area contributed by atoms with Gasteiger partial charge in [-0.1, -0.05) is 32.9 Å². The van der Waals surface area contributed by atoms with E-state index in [1.165, 1.54) is 0 Å². The van der Waals surface area contributed by atoms with E-state index in [0.717, 1.165) is 17.9 Å². The summed E-state index contributed by atoms with van der Waals surface area (Å²) >= 11 is 0. The van der Waals surface area contributed by atoms with Crippen LogP contribution < -0.4 is 15.4 Å². The van der Waals surface area contributed by atoms with Crippen molar-refractivity contribution in [2.75, 3.05) is 20.1 Å². The SMILES string of the molecule is CNCCNC(=O)c1cccc2c1OC(C)(C)C(C)(C)C2C. The number of hydrogen-bond acceptors (Lipinski definition) is 3. The molecule has 0 fully saturated rings. The number of fused-ring (bicyclic) bond motifs is 1. The molecule has 0 saturated heterocycles. The van der Waals surface area contributed by atoms with Crippen LogP contribution >= 0.6 is 0 Å². The van der Waals surface area contributed by atoms with Gasteiger partial charge in [0.1, 0.15) is 11.4 Å². The van der Waals surface area contributed by atoms with Gasteiger partial charge < -0.3 is 15.4 Å². The number of para-hydroxylation sites is 1. The van der Waals surface area contributed by atoms with E-state index >= 15 is 0 Å². The maximum absolute atomic E-state index is 12.5. The van der Waals surface area contributed by atoms with Gasteiger partial charge in [0, 0.05) is 18.5 Å². The number of likely N-dealkylation sites (N-methyl/N-ethyl adjacent to an activating group) is 1. The van der Waals surface area contributed by atoms with Crippen LogP contribution in [0.2, 0.25) is 0 Å². The Balaban J connectivity index is 2.39. The van der Waals surface area contributed by atoms with Gasteiger partial charge >= 0.3 is 0 Å². The van der Waals surface area contributed by atoms with Crippen molar-refractivity contribution in [2.45, 2.75) is 46.1 Å². The van der Waals surface area contributed by atoms with Crippen molar-refractivity contribution in [3.05, 3.63) is 29.3 Å². The lowest BCUT2D eigenvalue weighted by molar-refractivity contribution is -0.0436. The molecule has 0 aromatic heterocycles. The van der Waals surface area contributed by atoms with Crippen LogP contribution in [0.15, 0.2) is 18.2 Å². The first-order valence-corrected chi connectivity index (χ1v) is 7.97. The molecular formula is C18H28N2O2. The number of rotatable bonds is 4. The molecule has 0 saturated carbocycles. The van der Waals surface area contributed by atoms with E-state index in [0.29, 0.717) is 18.0 Å². The van der Waals surface area contributed by atoms with Gasteiger partial charge in [0.25, 0.3) is 5.91 Å². The molecule has 0 aliphatic carbocycles. The van der Waals surface area contributed by atoms with Crippen LogP contribution in [0.1, 0.15) is 56.5 Å². The molecule has 22 heavy (non-hydrogen) atoms. The van der Waals surface area contributed by atoms with Gasteiger partial charge in [-0.2, -0.15) is 0 Å². The summed E-state index contributed by atoms with van der Waals surface area (Å²) in [5, 5.41) is 5.95. The highest BCUT2D eigenvalue weighted by molar-refractivity contribution is 5.97. The van der Waals surface area contributed by atoms with E-state index in [9.17, 15) is 4.79 Å². The monoisotopic (exact) mass is 304 g/mol. The smallest absolute Gasteiger partial charge is 0.255 e. The molecule has 1 aromatic carbocycles. The Morgan fingerprint density at radius 1 is 1.23 bits per heavy atom. The third-order valence-electron chi connectivity index (χ3n) is 5.41. The molecule has 4 heteroatoms. The molecule has 2 rings (SSSR count). The number of benzene rings is 1. The highest BCUT2D eigenvalue weighted by Crippen LogP contribution is 2.53. The Morgan fingerprint density at radius 3 is 2.55 bits per heavy atom. The Labute approximate surface area is 133 Å². The van der Waals surface area contributed by atoms with E-state index in [-0.39, 0.29) is 16.9 Å². The fourth-order valence-electron chi connectivity index (χ4n) is 2.88. The maximum atomic E-state index is 12.5.